The largest absolute Gasteiger partial charge is 0.394 e. The maximum absolute atomic E-state index is 13.4. The van der Waals surface area contributed by atoms with Gasteiger partial charge in [-0.1, -0.05) is 231 Å². The smallest absolute Gasteiger partial charge is 0.220 e. The van der Waals surface area contributed by atoms with Gasteiger partial charge in [0, 0.05) is 6.42 Å². The van der Waals surface area contributed by atoms with Crippen molar-refractivity contribution in [2.45, 2.75) is 380 Å². The molecule has 24 heteroatoms. The summed E-state index contributed by atoms with van der Waals surface area (Å²) < 4.78 is 45.9. The number of hydrogen-bond donors (Lipinski definition) is 15. The number of aliphatic hydroxyl groups is 14. The molecule has 8 unspecified atom stereocenters. The fourth-order valence-corrected chi connectivity index (χ4v) is 12.7. The number of nitrogens with one attached hydrogen (secondary N) is 1. The summed E-state index contributed by atoms with van der Waals surface area (Å²) in [6.45, 7) is 0.583. The summed E-state index contributed by atoms with van der Waals surface area (Å²) in [6.07, 6.45) is 9.32. The minimum absolute atomic E-state index is 0.222. The van der Waals surface area contributed by atoms with Gasteiger partial charge in [-0.2, -0.15) is 0 Å². The zero-order valence-corrected chi connectivity index (χ0v) is 55.8. The monoisotopic (exact) mass is 1330 g/mol. The van der Waals surface area contributed by atoms with Gasteiger partial charge in [0.15, 0.2) is 25.2 Å². The van der Waals surface area contributed by atoms with Crippen LogP contribution in [0.15, 0.2) is 12.2 Å². The van der Waals surface area contributed by atoms with E-state index in [4.69, 9.17) is 37.9 Å². The first-order valence-electron chi connectivity index (χ1n) is 36.0. The van der Waals surface area contributed by atoms with E-state index in [9.17, 15) is 76.3 Å². The molecule has 4 fully saturated rings. The Morgan fingerprint density at radius 1 is 0.380 bits per heavy atom. The van der Waals surface area contributed by atoms with Gasteiger partial charge in [0.1, 0.15) is 97.7 Å². The third-order valence-electron chi connectivity index (χ3n) is 18.7. The quantitative estimate of drug-likeness (QED) is 0.0288. The Labute approximate surface area is 548 Å². The van der Waals surface area contributed by atoms with E-state index in [1.165, 1.54) is 173 Å². The van der Waals surface area contributed by atoms with E-state index in [-0.39, 0.29) is 18.9 Å². The number of carbonyl (C=O) groups is 1. The van der Waals surface area contributed by atoms with Crippen molar-refractivity contribution in [3.63, 3.8) is 0 Å². The SMILES string of the molecule is CCCCCCCCCCCCC/C=C/[C@@H](O)[C@H](CO[C@@H]1OC(CO)[C@@H](O[C@@H]2OC(CO)[C@H](O[C@@H]3OC(CO)[C@H](O)[C@H](O[C@H]4OC(CO)[C@H](O)[C@H](O)C4O)C3O)[C@H](O)C2O)[C@H](O)C1O)NC(=O)CCCCCCCCCCCCCCCCCCCCCCCCC. The first-order valence-corrected chi connectivity index (χ1v) is 36.0. The number of aliphatic hydroxyl groups excluding tert-OH is 14. The van der Waals surface area contributed by atoms with Gasteiger partial charge < -0.3 is 115 Å². The molecule has 542 valence electrons. The Balaban J connectivity index is 1.25. The molecule has 22 atom stereocenters. The molecule has 4 aliphatic rings. The van der Waals surface area contributed by atoms with Crippen LogP contribution in [0.25, 0.3) is 0 Å². The highest BCUT2D eigenvalue weighted by Crippen LogP contribution is 2.35. The Morgan fingerprint density at radius 3 is 1.12 bits per heavy atom. The van der Waals surface area contributed by atoms with Crippen molar-refractivity contribution in [2.75, 3.05) is 33.0 Å². The molecule has 0 aliphatic carbocycles. The number of hydrogen-bond acceptors (Lipinski definition) is 23. The second-order valence-electron chi connectivity index (χ2n) is 26.4. The van der Waals surface area contributed by atoms with E-state index in [1.807, 2.05) is 6.08 Å². The fourth-order valence-electron chi connectivity index (χ4n) is 12.7. The summed E-state index contributed by atoms with van der Waals surface area (Å²) in [4.78, 5) is 13.4. The van der Waals surface area contributed by atoms with Crippen LogP contribution >= 0.6 is 0 Å². The summed E-state index contributed by atoms with van der Waals surface area (Å²) in [5, 5.41) is 154. The highest BCUT2D eigenvalue weighted by molar-refractivity contribution is 5.76. The molecule has 92 heavy (non-hydrogen) atoms. The fraction of sp³-hybridized carbons (Fsp3) is 0.956. The molecule has 0 aromatic rings. The summed E-state index contributed by atoms with van der Waals surface area (Å²) in [5.41, 5.74) is 0. The van der Waals surface area contributed by atoms with Gasteiger partial charge in [-0.05, 0) is 19.3 Å². The molecule has 0 radical (unpaired) electrons. The van der Waals surface area contributed by atoms with Crippen LogP contribution in [0.2, 0.25) is 0 Å². The standard InChI is InChI=1S/C68H127NO23/c1-3-5-7-9-11-13-15-17-18-19-20-21-22-23-24-25-26-28-30-32-34-36-38-40-52(75)69-46(47(74)39-37-35-33-31-29-27-16-14-12-10-8-6-4-2)45-85-65-59(82)56(79)62(50(43-72)88-65)90-67-60(83)57(80)63(51(44-73)89-67)91-68-61(84)64(54(77)49(42-71)87-68)92-66-58(81)55(78)53(76)48(41-70)86-66/h37,39,46-51,53-68,70-74,76-84H,3-36,38,40-45H2,1-2H3,(H,69,75)/b39-37+/t46-,47+,48?,49?,50?,51?,53-,54-,55-,56+,57+,58?,59?,60?,61?,62+,63-,64-,65+,66+,67-,68-/m0/s1. The average Bonchev–Trinajstić information content (AvgIpc) is 0.835. The van der Waals surface area contributed by atoms with Gasteiger partial charge >= 0.3 is 0 Å². The van der Waals surface area contributed by atoms with Gasteiger partial charge in [0.25, 0.3) is 0 Å². The van der Waals surface area contributed by atoms with Crippen molar-refractivity contribution in [1.82, 2.24) is 5.32 Å². The molecule has 4 aliphatic heterocycles. The van der Waals surface area contributed by atoms with Crippen molar-refractivity contribution in [3.05, 3.63) is 12.2 Å². The van der Waals surface area contributed by atoms with Crippen molar-refractivity contribution in [1.29, 1.82) is 0 Å². The van der Waals surface area contributed by atoms with Gasteiger partial charge in [0.05, 0.1) is 45.2 Å². The second kappa shape index (κ2) is 48.9. The van der Waals surface area contributed by atoms with Gasteiger partial charge in [0.2, 0.25) is 5.91 Å². The van der Waals surface area contributed by atoms with E-state index in [0.717, 1.165) is 44.9 Å². The lowest BCUT2D eigenvalue weighted by Crippen LogP contribution is -2.67. The molecule has 0 bridgehead atoms. The van der Waals surface area contributed by atoms with Crippen LogP contribution in [0.4, 0.5) is 0 Å². The number of allylic oxidation sites excluding steroid dienone is 1. The van der Waals surface area contributed by atoms with Crippen LogP contribution in [0.5, 0.6) is 0 Å². The lowest BCUT2D eigenvalue weighted by molar-refractivity contribution is -0.389. The van der Waals surface area contributed by atoms with Crippen LogP contribution in [-0.2, 0) is 42.7 Å². The number of amides is 1. The Hall–Kier alpha value is -1.67. The highest BCUT2D eigenvalue weighted by Gasteiger charge is 2.55. The van der Waals surface area contributed by atoms with Crippen molar-refractivity contribution in [3.8, 4) is 0 Å². The molecule has 4 heterocycles. The second-order valence-corrected chi connectivity index (χ2v) is 26.4. The highest BCUT2D eigenvalue weighted by atomic mass is 16.8. The van der Waals surface area contributed by atoms with Gasteiger partial charge in [-0.15, -0.1) is 0 Å². The predicted molar refractivity (Wildman–Crippen MR) is 342 cm³/mol. The average molecular weight is 1330 g/mol. The van der Waals surface area contributed by atoms with E-state index >= 15 is 0 Å². The van der Waals surface area contributed by atoms with Crippen molar-refractivity contribution < 1.29 is 114 Å². The summed E-state index contributed by atoms with van der Waals surface area (Å²) in [5.74, 6) is -0.297. The zero-order valence-electron chi connectivity index (χ0n) is 55.8. The zero-order chi connectivity index (χ0) is 67.0. The maximum Gasteiger partial charge on any atom is 0.220 e. The van der Waals surface area contributed by atoms with E-state index in [1.54, 1.807) is 6.08 Å². The Kier molecular flexibility index (Phi) is 44.0. The number of ether oxygens (including phenoxy) is 8. The summed E-state index contributed by atoms with van der Waals surface area (Å²) >= 11 is 0. The molecule has 0 aromatic heterocycles. The molecule has 15 N–H and O–H groups in total. The summed E-state index contributed by atoms with van der Waals surface area (Å²) in [7, 11) is 0. The Bertz CT molecular complexity index is 1840. The van der Waals surface area contributed by atoms with Crippen LogP contribution in [-0.4, -0.2) is 245 Å². The van der Waals surface area contributed by atoms with Crippen LogP contribution < -0.4 is 5.32 Å². The van der Waals surface area contributed by atoms with E-state index < -0.39 is 161 Å². The van der Waals surface area contributed by atoms with Crippen molar-refractivity contribution in [2.24, 2.45) is 0 Å². The molecule has 0 aromatic carbocycles. The molecule has 0 saturated carbocycles. The molecular weight excluding hydrogens is 1200 g/mol. The summed E-state index contributed by atoms with van der Waals surface area (Å²) in [6, 6.07) is -1.01. The first-order chi connectivity index (χ1) is 44.6. The van der Waals surface area contributed by atoms with E-state index in [2.05, 4.69) is 19.2 Å². The minimum Gasteiger partial charge on any atom is -0.394 e. The molecule has 4 saturated heterocycles. The van der Waals surface area contributed by atoms with Gasteiger partial charge in [-0.3, -0.25) is 4.79 Å². The first kappa shape index (κ1) is 82.8. The molecule has 24 nitrogen and oxygen atoms in total. The maximum atomic E-state index is 13.4. The van der Waals surface area contributed by atoms with Crippen LogP contribution in [0.1, 0.15) is 245 Å². The third-order valence-corrected chi connectivity index (χ3v) is 18.7. The van der Waals surface area contributed by atoms with Crippen molar-refractivity contribution >= 4 is 5.91 Å². The van der Waals surface area contributed by atoms with Crippen LogP contribution in [0.3, 0.4) is 0 Å². The third kappa shape index (κ3) is 29.4. The molecular formula is C68H127NO23. The number of rotatable bonds is 52. The van der Waals surface area contributed by atoms with Crippen LogP contribution in [0, 0.1) is 0 Å². The lowest BCUT2D eigenvalue weighted by Gasteiger charge is -2.49. The van der Waals surface area contributed by atoms with E-state index in [0.29, 0.717) is 6.42 Å². The molecule has 0 spiro atoms. The Morgan fingerprint density at radius 2 is 0.707 bits per heavy atom. The van der Waals surface area contributed by atoms with Gasteiger partial charge in [-0.25, -0.2) is 0 Å². The molecule has 4 rings (SSSR count). The number of unbranched alkanes of at least 4 members (excludes halogenated alkanes) is 33. The topological polar surface area (TPSA) is 386 Å². The normalized spacial score (nSPS) is 32.7. The minimum atomic E-state index is -2.08. The molecule has 1 amide bonds. The number of carbonyl (C=O) groups excluding carboxylic acids is 1. The predicted octanol–water partition coefficient (Wildman–Crippen LogP) is 4.76. The lowest BCUT2D eigenvalue weighted by atomic mass is 9.95.